The largest absolute Gasteiger partial charge is 0.573 e. The number of para-hydroxylation sites is 1. The van der Waals surface area contributed by atoms with E-state index in [9.17, 15) is 26.4 Å². The van der Waals surface area contributed by atoms with E-state index in [1.807, 2.05) is 0 Å². The summed E-state index contributed by atoms with van der Waals surface area (Å²) in [5, 5.41) is 6.60. The Kier molecular flexibility index (Phi) is 8.28. The molecule has 15 heteroatoms. The fourth-order valence-corrected chi connectivity index (χ4v) is 6.48. The van der Waals surface area contributed by atoms with E-state index in [2.05, 4.69) is 25.1 Å². The molecule has 2 aliphatic heterocycles. The smallest absolute Gasteiger partial charge is 0.405 e. The van der Waals surface area contributed by atoms with E-state index in [-0.39, 0.29) is 54.1 Å². The standard InChI is InChI=1S/C29H31F3N4O7S/c30-29(31,32)42-24-4-2-1-3-22(24)26-23(27(43-35-26)17-5-6-17)16-41-21-13-19-8-9-20(14-21)36(19)25-10-7-18(15-34-25)28(37)33-11-12-44(38,39)40/h1-4,7,10,15,17,19-21H,5-6,8-9,11-14,16H2,(H,33,37)(H,38,39,40)/t19-,20+,21?. The number of pyridine rings is 1. The number of rotatable bonds is 11. The molecule has 0 radical (unpaired) electrons. The van der Waals surface area contributed by atoms with E-state index in [0.29, 0.717) is 17.0 Å². The Morgan fingerprint density at radius 2 is 1.82 bits per heavy atom. The molecule has 1 amide bonds. The lowest BCUT2D eigenvalue weighted by molar-refractivity contribution is -0.274. The first-order valence-corrected chi connectivity index (χ1v) is 16.0. The molecule has 4 heterocycles. The van der Waals surface area contributed by atoms with Crippen LogP contribution in [0.3, 0.4) is 0 Å². The summed E-state index contributed by atoms with van der Waals surface area (Å²) in [6.45, 7) is -0.0712. The minimum absolute atomic E-state index is 0.0897. The highest BCUT2D eigenvalue weighted by Gasteiger charge is 2.42. The van der Waals surface area contributed by atoms with Gasteiger partial charge in [0.25, 0.3) is 16.0 Å². The highest BCUT2D eigenvalue weighted by atomic mass is 32.2. The van der Waals surface area contributed by atoms with Crippen molar-refractivity contribution in [2.45, 2.75) is 75.6 Å². The van der Waals surface area contributed by atoms with Crippen LogP contribution in [0.1, 0.15) is 66.1 Å². The van der Waals surface area contributed by atoms with Gasteiger partial charge in [0.2, 0.25) is 0 Å². The molecule has 1 aromatic carbocycles. The number of benzene rings is 1. The van der Waals surface area contributed by atoms with Crippen molar-refractivity contribution in [3.05, 3.63) is 59.5 Å². The van der Waals surface area contributed by atoms with Crippen molar-refractivity contribution in [2.75, 3.05) is 17.2 Å². The highest BCUT2D eigenvalue weighted by Crippen LogP contribution is 2.46. The predicted octanol–water partition coefficient (Wildman–Crippen LogP) is 4.85. The average molecular weight is 637 g/mol. The third kappa shape index (κ3) is 7.00. The molecule has 0 spiro atoms. The number of piperidine rings is 1. The molecule has 1 aliphatic carbocycles. The van der Waals surface area contributed by atoms with Gasteiger partial charge in [-0.3, -0.25) is 9.35 Å². The van der Waals surface area contributed by atoms with Crippen molar-refractivity contribution in [3.8, 4) is 17.0 Å². The van der Waals surface area contributed by atoms with Crippen LogP contribution in [0.15, 0.2) is 47.1 Å². The number of anilines is 1. The topological polar surface area (TPSA) is 144 Å². The van der Waals surface area contributed by atoms with Crippen molar-refractivity contribution in [1.82, 2.24) is 15.5 Å². The summed E-state index contributed by atoms with van der Waals surface area (Å²) in [6.07, 6.45) is 1.67. The van der Waals surface area contributed by atoms with Gasteiger partial charge >= 0.3 is 6.36 Å². The maximum Gasteiger partial charge on any atom is 0.573 e. The second-order valence-corrected chi connectivity index (χ2v) is 12.9. The van der Waals surface area contributed by atoms with Crippen LogP contribution in [0.2, 0.25) is 0 Å². The summed E-state index contributed by atoms with van der Waals surface area (Å²) in [5.74, 6) is 0.122. The van der Waals surface area contributed by atoms with Crippen LogP contribution < -0.4 is 15.0 Å². The van der Waals surface area contributed by atoms with E-state index in [1.165, 1.54) is 24.4 Å². The first-order valence-electron chi connectivity index (χ1n) is 14.4. The summed E-state index contributed by atoms with van der Waals surface area (Å²) in [6, 6.07) is 9.58. The number of amides is 1. The van der Waals surface area contributed by atoms with Gasteiger partial charge in [-0.25, -0.2) is 4.98 Å². The van der Waals surface area contributed by atoms with E-state index in [4.69, 9.17) is 13.8 Å². The van der Waals surface area contributed by atoms with Gasteiger partial charge < -0.3 is 24.2 Å². The van der Waals surface area contributed by atoms with E-state index < -0.39 is 28.1 Å². The zero-order chi connectivity index (χ0) is 31.1. The predicted molar refractivity (Wildman–Crippen MR) is 151 cm³/mol. The second-order valence-electron chi connectivity index (χ2n) is 11.3. The van der Waals surface area contributed by atoms with Gasteiger partial charge in [0.1, 0.15) is 23.0 Å². The molecule has 3 atom stereocenters. The van der Waals surface area contributed by atoms with Crippen LogP contribution in [-0.4, -0.2) is 65.9 Å². The van der Waals surface area contributed by atoms with Gasteiger partial charge in [-0.05, 0) is 62.8 Å². The zero-order valence-electron chi connectivity index (χ0n) is 23.5. The van der Waals surface area contributed by atoms with Crippen molar-refractivity contribution in [3.63, 3.8) is 0 Å². The SMILES string of the molecule is O=C(NCCS(=O)(=O)O)c1ccc(N2[C@@H]3CC[C@H]2CC(OCc2c(-c4ccccc4OC(F)(F)F)noc2C2CC2)C3)nc1. The Morgan fingerprint density at radius 1 is 1.09 bits per heavy atom. The quantitative estimate of drug-likeness (QED) is 0.281. The maximum absolute atomic E-state index is 13.1. The van der Waals surface area contributed by atoms with Crippen molar-refractivity contribution >= 4 is 21.8 Å². The molecular weight excluding hydrogens is 605 g/mol. The van der Waals surface area contributed by atoms with Crippen LogP contribution in [-0.2, 0) is 21.5 Å². The number of halogens is 3. The van der Waals surface area contributed by atoms with Crippen LogP contribution in [0.5, 0.6) is 5.75 Å². The lowest BCUT2D eigenvalue weighted by Crippen LogP contribution is -2.46. The molecule has 2 N–H and O–H groups in total. The maximum atomic E-state index is 13.1. The molecule has 2 saturated heterocycles. The molecule has 6 rings (SSSR count). The van der Waals surface area contributed by atoms with Crippen LogP contribution in [0.25, 0.3) is 11.3 Å². The zero-order valence-corrected chi connectivity index (χ0v) is 24.3. The van der Waals surface area contributed by atoms with Crippen LogP contribution >= 0.6 is 0 Å². The number of nitrogens with one attached hydrogen (secondary N) is 1. The molecule has 1 saturated carbocycles. The molecule has 236 valence electrons. The monoisotopic (exact) mass is 636 g/mol. The number of ether oxygens (including phenoxy) is 2. The molecule has 2 bridgehead atoms. The molecule has 3 aliphatic rings. The Balaban J connectivity index is 1.11. The molecule has 44 heavy (non-hydrogen) atoms. The van der Waals surface area contributed by atoms with Crippen molar-refractivity contribution in [1.29, 1.82) is 0 Å². The number of carbonyl (C=O) groups is 1. The van der Waals surface area contributed by atoms with Gasteiger partial charge in [-0.15, -0.1) is 13.2 Å². The van der Waals surface area contributed by atoms with Crippen LogP contribution in [0.4, 0.5) is 19.0 Å². The summed E-state index contributed by atoms with van der Waals surface area (Å²) in [4.78, 5) is 19.0. The van der Waals surface area contributed by atoms with Crippen LogP contribution in [0, 0.1) is 0 Å². The second kappa shape index (κ2) is 12.0. The number of nitrogens with zero attached hydrogens (tertiary/aromatic N) is 3. The summed E-state index contributed by atoms with van der Waals surface area (Å²) in [5.41, 5.74) is 1.40. The fraction of sp³-hybridized carbons (Fsp3) is 0.483. The van der Waals surface area contributed by atoms with Gasteiger partial charge in [0.15, 0.2) is 0 Å². The van der Waals surface area contributed by atoms with Gasteiger partial charge in [0.05, 0.1) is 24.0 Å². The van der Waals surface area contributed by atoms with Gasteiger partial charge in [-0.1, -0.05) is 17.3 Å². The Morgan fingerprint density at radius 3 is 2.45 bits per heavy atom. The minimum Gasteiger partial charge on any atom is -0.405 e. The summed E-state index contributed by atoms with van der Waals surface area (Å²) in [7, 11) is -4.17. The number of alkyl halides is 3. The molecule has 3 aromatic rings. The van der Waals surface area contributed by atoms with Gasteiger partial charge in [-0.2, -0.15) is 8.42 Å². The number of hydrogen-bond donors (Lipinski definition) is 2. The Labute approximate surface area is 251 Å². The summed E-state index contributed by atoms with van der Waals surface area (Å²) < 4.78 is 86.2. The lowest BCUT2D eigenvalue weighted by Gasteiger charge is -2.39. The molecular formula is C29H31F3N4O7S. The minimum atomic E-state index is -4.85. The number of fused-ring (bicyclic) bond motifs is 2. The van der Waals surface area contributed by atoms with E-state index in [1.54, 1.807) is 18.2 Å². The lowest BCUT2D eigenvalue weighted by atomic mass is 9.99. The molecule has 1 unspecified atom stereocenters. The molecule has 2 aromatic heterocycles. The normalized spacial score (nSPS) is 21.8. The molecule has 11 nitrogen and oxygen atoms in total. The summed E-state index contributed by atoms with van der Waals surface area (Å²) >= 11 is 0. The van der Waals surface area contributed by atoms with E-state index >= 15 is 0 Å². The Bertz CT molecular complexity index is 1600. The first-order chi connectivity index (χ1) is 20.9. The first kappa shape index (κ1) is 30.3. The number of carbonyl (C=O) groups excluding carboxylic acids is 1. The average Bonchev–Trinajstić information content (AvgIpc) is 3.66. The number of aromatic nitrogens is 2. The molecule has 3 fully saturated rings. The van der Waals surface area contributed by atoms with Gasteiger partial charge in [0, 0.05) is 41.9 Å². The van der Waals surface area contributed by atoms with E-state index in [0.717, 1.165) is 44.3 Å². The highest BCUT2D eigenvalue weighted by molar-refractivity contribution is 7.85. The third-order valence-corrected chi connectivity index (χ3v) is 8.93. The fourth-order valence-electron chi connectivity index (χ4n) is 6.12. The van der Waals surface area contributed by atoms with Crippen molar-refractivity contribution in [2.24, 2.45) is 0 Å². The number of hydrogen-bond acceptors (Lipinski definition) is 9. The third-order valence-electron chi connectivity index (χ3n) is 8.21. The Hall–Kier alpha value is -3.69. The van der Waals surface area contributed by atoms with Crippen molar-refractivity contribution < 1.29 is 44.9 Å².